The zero-order valence-electron chi connectivity index (χ0n) is 9.45. The molecule has 1 heterocycles. The molecule has 0 N–H and O–H groups in total. The first kappa shape index (κ1) is 10.5. The molecule has 0 aromatic carbocycles. The largest absolute Gasteiger partial charge is 0.443 e. The van der Waals surface area contributed by atoms with Gasteiger partial charge in [-0.3, -0.25) is 4.79 Å². The Morgan fingerprint density at radius 1 is 1.40 bits per heavy atom. The normalized spacial score (nSPS) is 29.8. The van der Waals surface area contributed by atoms with Gasteiger partial charge in [-0.25, -0.2) is 9.69 Å². The Morgan fingerprint density at radius 2 is 2.07 bits per heavy atom. The van der Waals surface area contributed by atoms with E-state index in [1.54, 1.807) is 20.8 Å². The maximum atomic E-state index is 11.7. The van der Waals surface area contributed by atoms with Crippen LogP contribution in [0.25, 0.3) is 0 Å². The summed E-state index contributed by atoms with van der Waals surface area (Å²) in [5.74, 6) is 0.0456. The van der Waals surface area contributed by atoms with Gasteiger partial charge in [-0.15, -0.1) is 0 Å². The molecule has 4 heteroatoms. The number of nitrogens with zero attached hydrogens (tertiary/aromatic N) is 1. The highest BCUT2D eigenvalue weighted by Gasteiger charge is 2.53. The topological polar surface area (TPSA) is 46.6 Å². The van der Waals surface area contributed by atoms with Gasteiger partial charge in [0.15, 0.2) is 0 Å². The molecule has 0 bridgehead atoms. The van der Waals surface area contributed by atoms with E-state index in [1.807, 2.05) is 0 Å². The molecule has 15 heavy (non-hydrogen) atoms. The quantitative estimate of drug-likeness (QED) is 0.575. The Balaban J connectivity index is 2.00. The number of fused-ring (bicyclic) bond motifs is 1. The van der Waals surface area contributed by atoms with Gasteiger partial charge in [-0.05, 0) is 33.6 Å². The molecule has 84 valence electrons. The van der Waals surface area contributed by atoms with Crippen LogP contribution in [0.5, 0.6) is 0 Å². The SMILES string of the molecule is CC(C)(C)OC(=O)N1C(=O)[C@@H]2CCC[C@@H]21. The second kappa shape index (κ2) is 3.22. The van der Waals surface area contributed by atoms with Gasteiger partial charge in [0.2, 0.25) is 5.91 Å². The highest BCUT2D eigenvalue weighted by molar-refractivity contribution is 5.99. The van der Waals surface area contributed by atoms with E-state index < -0.39 is 11.7 Å². The highest BCUT2D eigenvalue weighted by atomic mass is 16.6. The van der Waals surface area contributed by atoms with Crippen LogP contribution in [-0.2, 0) is 9.53 Å². The lowest BCUT2D eigenvalue weighted by Gasteiger charge is -2.41. The van der Waals surface area contributed by atoms with Gasteiger partial charge in [-0.1, -0.05) is 6.42 Å². The number of likely N-dealkylation sites (tertiary alicyclic amines) is 1. The number of hydrogen-bond acceptors (Lipinski definition) is 3. The molecule has 1 aliphatic carbocycles. The van der Waals surface area contributed by atoms with Gasteiger partial charge < -0.3 is 4.74 Å². The van der Waals surface area contributed by atoms with Crippen molar-refractivity contribution in [3.8, 4) is 0 Å². The summed E-state index contributed by atoms with van der Waals surface area (Å²) in [6.45, 7) is 5.42. The zero-order chi connectivity index (χ0) is 11.2. The van der Waals surface area contributed by atoms with Crippen LogP contribution in [0.2, 0.25) is 0 Å². The number of ether oxygens (including phenoxy) is 1. The number of hydrogen-bond donors (Lipinski definition) is 0. The first-order valence-corrected chi connectivity index (χ1v) is 5.46. The van der Waals surface area contributed by atoms with Crippen LogP contribution in [0.15, 0.2) is 0 Å². The molecule has 2 amide bonds. The Morgan fingerprint density at radius 3 is 2.67 bits per heavy atom. The Labute approximate surface area is 89.6 Å². The number of amides is 2. The third-order valence-corrected chi connectivity index (χ3v) is 2.96. The maximum absolute atomic E-state index is 11.7. The van der Waals surface area contributed by atoms with Crippen molar-refractivity contribution in [1.82, 2.24) is 4.90 Å². The predicted octanol–water partition coefficient (Wildman–Crippen LogP) is 1.93. The van der Waals surface area contributed by atoms with Crippen molar-refractivity contribution in [2.24, 2.45) is 5.92 Å². The molecule has 0 unspecified atom stereocenters. The molecular weight excluding hydrogens is 194 g/mol. The molecule has 1 saturated heterocycles. The second-order valence-electron chi connectivity index (χ2n) is 5.29. The van der Waals surface area contributed by atoms with Crippen LogP contribution < -0.4 is 0 Å². The van der Waals surface area contributed by atoms with E-state index in [0.29, 0.717) is 0 Å². The van der Waals surface area contributed by atoms with E-state index in [0.717, 1.165) is 19.3 Å². The minimum Gasteiger partial charge on any atom is -0.443 e. The minimum atomic E-state index is -0.527. The Bertz CT molecular complexity index is 305. The van der Waals surface area contributed by atoms with Crippen LogP contribution in [0.1, 0.15) is 40.0 Å². The lowest BCUT2D eigenvalue weighted by molar-refractivity contribution is -0.151. The Kier molecular flexibility index (Phi) is 2.24. The summed E-state index contributed by atoms with van der Waals surface area (Å²) in [6.07, 6.45) is 2.44. The summed E-state index contributed by atoms with van der Waals surface area (Å²) >= 11 is 0. The van der Waals surface area contributed by atoms with Crippen molar-refractivity contribution in [2.75, 3.05) is 0 Å². The summed E-state index contributed by atoms with van der Waals surface area (Å²) in [4.78, 5) is 24.6. The zero-order valence-corrected chi connectivity index (χ0v) is 9.45. The maximum Gasteiger partial charge on any atom is 0.417 e. The fraction of sp³-hybridized carbons (Fsp3) is 0.818. The van der Waals surface area contributed by atoms with Crippen LogP contribution >= 0.6 is 0 Å². The average molecular weight is 211 g/mol. The number of carbonyl (C=O) groups is 2. The lowest BCUT2D eigenvalue weighted by Crippen LogP contribution is -2.61. The van der Waals surface area contributed by atoms with E-state index in [4.69, 9.17) is 4.74 Å². The highest BCUT2D eigenvalue weighted by Crippen LogP contribution is 2.40. The van der Waals surface area contributed by atoms with Gasteiger partial charge in [0.25, 0.3) is 0 Å². The van der Waals surface area contributed by atoms with E-state index >= 15 is 0 Å². The third kappa shape index (κ3) is 1.73. The smallest absolute Gasteiger partial charge is 0.417 e. The summed E-state index contributed by atoms with van der Waals surface area (Å²) < 4.78 is 5.19. The van der Waals surface area contributed by atoms with Crippen molar-refractivity contribution in [1.29, 1.82) is 0 Å². The first-order chi connectivity index (χ1) is 6.90. The van der Waals surface area contributed by atoms with Crippen LogP contribution in [0, 0.1) is 5.92 Å². The van der Waals surface area contributed by atoms with Gasteiger partial charge in [-0.2, -0.15) is 0 Å². The molecule has 2 aliphatic rings. The van der Waals surface area contributed by atoms with Gasteiger partial charge >= 0.3 is 6.09 Å². The predicted molar refractivity (Wildman–Crippen MR) is 54.2 cm³/mol. The summed E-state index contributed by atoms with van der Waals surface area (Å²) in [6, 6.07) is 0.118. The molecule has 4 nitrogen and oxygen atoms in total. The summed E-state index contributed by atoms with van der Waals surface area (Å²) in [5, 5.41) is 0. The van der Waals surface area contributed by atoms with Crippen molar-refractivity contribution in [3.63, 3.8) is 0 Å². The standard InChI is InChI=1S/C11H17NO3/c1-11(2,3)15-10(14)12-8-6-4-5-7(8)9(12)13/h7-8H,4-6H2,1-3H3/t7-,8+/m1/s1. The van der Waals surface area contributed by atoms with Crippen molar-refractivity contribution < 1.29 is 14.3 Å². The van der Waals surface area contributed by atoms with Gasteiger partial charge in [0.05, 0.1) is 12.0 Å². The summed E-state index contributed by atoms with van der Waals surface area (Å²) in [7, 11) is 0. The second-order valence-corrected chi connectivity index (χ2v) is 5.29. The first-order valence-electron chi connectivity index (χ1n) is 5.46. The molecule has 0 radical (unpaired) electrons. The van der Waals surface area contributed by atoms with E-state index in [-0.39, 0.29) is 17.9 Å². The van der Waals surface area contributed by atoms with Crippen LogP contribution in [0.4, 0.5) is 4.79 Å². The fourth-order valence-corrected chi connectivity index (χ4v) is 2.33. The van der Waals surface area contributed by atoms with Crippen molar-refractivity contribution in [2.45, 2.75) is 51.7 Å². The molecule has 2 fully saturated rings. The molecule has 2 rings (SSSR count). The van der Waals surface area contributed by atoms with E-state index in [1.165, 1.54) is 4.90 Å². The minimum absolute atomic E-state index is 0.0493. The summed E-state index contributed by atoms with van der Waals surface area (Å²) in [5.41, 5.74) is -0.527. The van der Waals surface area contributed by atoms with Gasteiger partial charge in [0.1, 0.15) is 5.60 Å². The molecule has 2 atom stereocenters. The average Bonchev–Trinajstić information content (AvgIpc) is 2.44. The molecule has 0 spiro atoms. The van der Waals surface area contributed by atoms with Gasteiger partial charge in [0, 0.05) is 0 Å². The number of β-lactam (4-membered cyclic amide) rings is 1. The molecular formula is C11H17NO3. The van der Waals surface area contributed by atoms with E-state index in [9.17, 15) is 9.59 Å². The molecule has 1 saturated carbocycles. The fourth-order valence-electron chi connectivity index (χ4n) is 2.33. The molecule has 0 aromatic heterocycles. The van der Waals surface area contributed by atoms with E-state index in [2.05, 4.69) is 0 Å². The molecule has 1 aliphatic heterocycles. The van der Waals surface area contributed by atoms with Crippen molar-refractivity contribution in [3.05, 3.63) is 0 Å². The van der Waals surface area contributed by atoms with Crippen molar-refractivity contribution >= 4 is 12.0 Å². The lowest BCUT2D eigenvalue weighted by atomic mass is 9.91. The third-order valence-electron chi connectivity index (χ3n) is 2.96. The monoisotopic (exact) mass is 211 g/mol. The molecule has 0 aromatic rings. The van der Waals surface area contributed by atoms with Crippen LogP contribution in [0.3, 0.4) is 0 Å². The number of carbonyl (C=O) groups excluding carboxylic acids is 2. The number of imide groups is 1. The number of rotatable bonds is 0. The Hall–Kier alpha value is -1.06. The van der Waals surface area contributed by atoms with Crippen LogP contribution in [-0.4, -0.2) is 28.5 Å².